The maximum Gasteiger partial charge on any atom is 0.316 e. The number of halogens is 1. The monoisotopic (exact) mass is 500 g/mol. The third-order valence-corrected chi connectivity index (χ3v) is 6.05. The molecule has 0 bridgehead atoms. The predicted octanol–water partition coefficient (Wildman–Crippen LogP) is 5.10. The summed E-state index contributed by atoms with van der Waals surface area (Å²) in [7, 11) is 0. The minimum atomic E-state index is -0.576. The Morgan fingerprint density at radius 1 is 1.15 bits per heavy atom. The molecule has 0 saturated heterocycles. The molecule has 0 fully saturated rings. The number of anilines is 1. The lowest BCUT2D eigenvalue weighted by Gasteiger charge is -2.07. The number of thiazole rings is 1. The number of nitrogens with zero attached hydrogens (tertiary/aromatic N) is 3. The van der Waals surface area contributed by atoms with Gasteiger partial charge in [-0.15, -0.1) is 21.5 Å². The molecule has 8 nitrogen and oxygen atoms in total. The van der Waals surface area contributed by atoms with E-state index in [1.165, 1.54) is 0 Å². The van der Waals surface area contributed by atoms with Crippen LogP contribution in [0, 0.1) is 6.92 Å². The van der Waals surface area contributed by atoms with Gasteiger partial charge in [-0.05, 0) is 43.3 Å². The van der Waals surface area contributed by atoms with E-state index in [1.54, 1.807) is 41.7 Å². The fourth-order valence-corrected chi connectivity index (χ4v) is 4.04. The first kappa shape index (κ1) is 23.0. The molecule has 4 rings (SSSR count). The van der Waals surface area contributed by atoms with E-state index in [2.05, 4.69) is 20.5 Å². The second kappa shape index (κ2) is 10.6. The number of benzene rings is 2. The van der Waals surface area contributed by atoms with Crippen LogP contribution in [0.1, 0.15) is 5.01 Å². The zero-order valence-corrected chi connectivity index (χ0v) is 19.7. The number of ether oxygens (including phenoxy) is 1. The minimum Gasteiger partial charge on any atom is -0.455 e. The number of carbonyl (C=O) groups excluding carboxylic acids is 2. The van der Waals surface area contributed by atoms with E-state index in [1.807, 2.05) is 30.5 Å². The lowest BCUT2D eigenvalue weighted by atomic mass is 10.1. The number of amides is 1. The fourth-order valence-electron chi connectivity index (χ4n) is 2.73. The molecule has 0 aliphatic carbocycles. The van der Waals surface area contributed by atoms with E-state index in [0.717, 1.165) is 28.0 Å². The van der Waals surface area contributed by atoms with E-state index < -0.39 is 18.5 Å². The Morgan fingerprint density at radius 2 is 1.97 bits per heavy atom. The molecule has 1 N–H and O–H groups in total. The molecule has 0 aliphatic rings. The average Bonchev–Trinajstić information content (AvgIpc) is 3.46. The number of hydrogen-bond acceptors (Lipinski definition) is 9. The summed E-state index contributed by atoms with van der Waals surface area (Å²) in [5, 5.41) is 14.3. The van der Waals surface area contributed by atoms with Crippen LogP contribution in [0.3, 0.4) is 0 Å². The summed E-state index contributed by atoms with van der Waals surface area (Å²) in [4.78, 5) is 28.6. The molecule has 2 heterocycles. The number of aryl methyl sites for hydroxylation is 1. The summed E-state index contributed by atoms with van der Waals surface area (Å²) in [6, 6.07) is 14.3. The topological polar surface area (TPSA) is 107 Å². The van der Waals surface area contributed by atoms with Gasteiger partial charge in [-0.2, -0.15) is 0 Å². The number of rotatable bonds is 8. The second-order valence-electron chi connectivity index (χ2n) is 6.71. The first-order valence-corrected chi connectivity index (χ1v) is 11.9. The molecule has 2 aromatic carbocycles. The van der Waals surface area contributed by atoms with Gasteiger partial charge in [-0.3, -0.25) is 9.59 Å². The van der Waals surface area contributed by atoms with Crippen molar-refractivity contribution in [3.63, 3.8) is 0 Å². The van der Waals surface area contributed by atoms with Crippen molar-refractivity contribution >= 4 is 52.3 Å². The van der Waals surface area contributed by atoms with E-state index in [4.69, 9.17) is 20.8 Å². The zero-order chi connectivity index (χ0) is 23.2. The Kier molecular flexibility index (Phi) is 7.38. The van der Waals surface area contributed by atoms with Gasteiger partial charge in [0.15, 0.2) is 6.61 Å². The standard InChI is InChI=1S/C22H17ClN4O4S2/c1-13-24-18(11-32-13)15-3-2-4-17(9-15)25-19(28)10-30-20(29)12-33-22-27-26-21(31-22)14-5-7-16(23)8-6-14/h2-9,11H,10,12H2,1H3,(H,25,28). The Morgan fingerprint density at radius 3 is 2.73 bits per heavy atom. The number of aromatic nitrogens is 3. The quantitative estimate of drug-likeness (QED) is 0.263. The molecule has 0 unspecified atom stereocenters. The van der Waals surface area contributed by atoms with Crippen molar-refractivity contribution in [2.45, 2.75) is 12.1 Å². The smallest absolute Gasteiger partial charge is 0.316 e. The van der Waals surface area contributed by atoms with Crippen LogP contribution in [0.5, 0.6) is 0 Å². The Hall–Kier alpha value is -3.21. The lowest BCUT2D eigenvalue weighted by molar-refractivity contribution is -0.144. The van der Waals surface area contributed by atoms with Crippen molar-refractivity contribution in [1.29, 1.82) is 0 Å². The summed E-state index contributed by atoms with van der Waals surface area (Å²) in [6.45, 7) is 1.53. The van der Waals surface area contributed by atoms with Gasteiger partial charge < -0.3 is 14.5 Å². The number of hydrogen-bond donors (Lipinski definition) is 1. The molecular weight excluding hydrogens is 484 g/mol. The lowest BCUT2D eigenvalue weighted by Crippen LogP contribution is -2.21. The van der Waals surface area contributed by atoms with Gasteiger partial charge in [0.1, 0.15) is 5.75 Å². The highest BCUT2D eigenvalue weighted by Crippen LogP contribution is 2.25. The molecule has 0 aliphatic heterocycles. The van der Waals surface area contributed by atoms with Crippen molar-refractivity contribution in [3.05, 3.63) is 63.9 Å². The SMILES string of the molecule is Cc1nc(-c2cccc(NC(=O)COC(=O)CSc3nnc(-c4ccc(Cl)cc4)o3)c2)cs1. The number of nitrogens with one attached hydrogen (secondary N) is 1. The van der Waals surface area contributed by atoms with Gasteiger partial charge in [-0.25, -0.2) is 4.98 Å². The number of esters is 1. The van der Waals surface area contributed by atoms with Gasteiger partial charge in [0.05, 0.1) is 10.7 Å². The van der Waals surface area contributed by atoms with Crippen molar-refractivity contribution in [2.24, 2.45) is 0 Å². The molecule has 1 amide bonds. The third-order valence-electron chi connectivity index (χ3n) is 4.24. The molecule has 0 radical (unpaired) electrons. The second-order valence-corrected chi connectivity index (χ2v) is 9.14. The molecule has 2 aromatic heterocycles. The van der Waals surface area contributed by atoms with E-state index in [0.29, 0.717) is 22.2 Å². The molecule has 0 saturated carbocycles. The van der Waals surface area contributed by atoms with Gasteiger partial charge >= 0.3 is 5.97 Å². The van der Waals surface area contributed by atoms with Crippen LogP contribution in [0.15, 0.2) is 63.6 Å². The molecular formula is C22H17ClN4O4S2. The first-order chi connectivity index (χ1) is 16.0. The highest BCUT2D eigenvalue weighted by atomic mass is 35.5. The van der Waals surface area contributed by atoms with Gasteiger partial charge in [0, 0.05) is 27.2 Å². The van der Waals surface area contributed by atoms with Crippen LogP contribution in [0.4, 0.5) is 5.69 Å². The molecule has 33 heavy (non-hydrogen) atoms. The van der Waals surface area contributed by atoms with Gasteiger partial charge in [-0.1, -0.05) is 35.5 Å². The largest absolute Gasteiger partial charge is 0.455 e. The molecule has 0 spiro atoms. The van der Waals surface area contributed by atoms with Crippen molar-refractivity contribution in [3.8, 4) is 22.7 Å². The van der Waals surface area contributed by atoms with Crippen LogP contribution in [0.2, 0.25) is 5.02 Å². The van der Waals surface area contributed by atoms with Crippen molar-refractivity contribution in [1.82, 2.24) is 15.2 Å². The van der Waals surface area contributed by atoms with Crippen molar-refractivity contribution < 1.29 is 18.7 Å². The van der Waals surface area contributed by atoms with Crippen LogP contribution in [-0.2, 0) is 14.3 Å². The van der Waals surface area contributed by atoms with Crippen LogP contribution >= 0.6 is 34.7 Å². The first-order valence-electron chi connectivity index (χ1n) is 9.66. The third kappa shape index (κ3) is 6.41. The normalized spacial score (nSPS) is 10.7. The van der Waals surface area contributed by atoms with Crippen LogP contribution in [-0.4, -0.2) is 39.4 Å². The maximum atomic E-state index is 12.2. The number of thioether (sulfide) groups is 1. The molecule has 11 heteroatoms. The predicted molar refractivity (Wildman–Crippen MR) is 127 cm³/mol. The minimum absolute atomic E-state index is 0.0752. The van der Waals surface area contributed by atoms with Gasteiger partial charge in [0.25, 0.3) is 11.1 Å². The average molecular weight is 501 g/mol. The Bertz CT molecular complexity index is 1270. The van der Waals surface area contributed by atoms with E-state index in [9.17, 15) is 9.59 Å². The van der Waals surface area contributed by atoms with Crippen molar-refractivity contribution in [2.75, 3.05) is 17.7 Å². The van der Waals surface area contributed by atoms with Crippen LogP contribution in [0.25, 0.3) is 22.7 Å². The summed E-state index contributed by atoms with van der Waals surface area (Å²) in [5.41, 5.74) is 3.04. The Balaban J connectivity index is 1.23. The zero-order valence-electron chi connectivity index (χ0n) is 17.3. The van der Waals surface area contributed by atoms with Gasteiger partial charge in [0.2, 0.25) is 5.89 Å². The van der Waals surface area contributed by atoms with Crippen LogP contribution < -0.4 is 5.32 Å². The summed E-state index contributed by atoms with van der Waals surface area (Å²) < 4.78 is 10.6. The molecule has 168 valence electrons. The van der Waals surface area contributed by atoms with E-state index >= 15 is 0 Å². The Labute approximate surface area is 202 Å². The fraction of sp³-hybridized carbons (Fsp3) is 0.136. The number of carbonyl (C=O) groups is 2. The highest BCUT2D eigenvalue weighted by molar-refractivity contribution is 7.99. The summed E-state index contributed by atoms with van der Waals surface area (Å²) >= 11 is 8.45. The van der Waals surface area contributed by atoms with E-state index in [-0.39, 0.29) is 11.0 Å². The molecule has 0 atom stereocenters. The molecule has 4 aromatic rings. The summed E-state index contributed by atoms with van der Waals surface area (Å²) in [5.74, 6) is -0.776. The summed E-state index contributed by atoms with van der Waals surface area (Å²) in [6.07, 6.45) is 0. The maximum absolute atomic E-state index is 12.2. The highest BCUT2D eigenvalue weighted by Gasteiger charge is 2.13.